The molecule has 0 N–H and O–H groups in total. The van der Waals surface area contributed by atoms with Crippen LogP contribution in [0.2, 0.25) is 0 Å². The minimum absolute atomic E-state index is 0. The molecule has 0 bridgehead atoms. The Hall–Kier alpha value is 0.254. The van der Waals surface area contributed by atoms with Crippen molar-refractivity contribution in [2.24, 2.45) is 0 Å². The molecule has 0 aromatic rings. The SMILES string of the molecule is CC1=[C-]CC=C1.CC1=[C-]CC=C1.ClCCl.[Ti+2]. The number of alkyl halides is 2. The van der Waals surface area contributed by atoms with E-state index in [1.165, 1.54) is 11.1 Å². The van der Waals surface area contributed by atoms with Gasteiger partial charge in [0.1, 0.15) is 0 Å². The molecule has 16 heavy (non-hydrogen) atoms. The van der Waals surface area contributed by atoms with E-state index in [0.717, 1.165) is 12.8 Å². The van der Waals surface area contributed by atoms with Crippen LogP contribution in [0.4, 0.5) is 0 Å². The standard InChI is InChI=1S/2C6H7.CH2Cl2.Ti/c2*1-6-4-2-3-5-6;2-1-3;/h2*2,4H,3H2,1H3;1H2;/q2*-1;;+2. The molecule has 0 amide bonds. The summed E-state index contributed by atoms with van der Waals surface area (Å²) in [6.45, 7) is 4.12. The van der Waals surface area contributed by atoms with E-state index in [0.29, 0.717) is 0 Å². The second kappa shape index (κ2) is 13.3. The molecule has 0 saturated heterocycles. The number of hydrogen-bond donors (Lipinski definition) is 0. The van der Waals surface area contributed by atoms with E-state index in [4.69, 9.17) is 23.2 Å². The van der Waals surface area contributed by atoms with Crippen molar-refractivity contribution in [1.82, 2.24) is 0 Å². The summed E-state index contributed by atoms with van der Waals surface area (Å²) >= 11 is 9.53. The molecule has 86 valence electrons. The maximum absolute atomic E-state index is 4.76. The van der Waals surface area contributed by atoms with Gasteiger partial charge in [-0.2, -0.15) is 12.2 Å². The fourth-order valence-corrected chi connectivity index (χ4v) is 1.03. The van der Waals surface area contributed by atoms with E-state index >= 15 is 0 Å². The largest absolute Gasteiger partial charge is 2.00 e. The molecule has 0 nitrogen and oxygen atoms in total. The summed E-state index contributed by atoms with van der Waals surface area (Å²) in [5, 5.41) is 0.194. The van der Waals surface area contributed by atoms with E-state index < -0.39 is 0 Å². The molecule has 0 spiro atoms. The van der Waals surface area contributed by atoms with E-state index in [2.05, 4.69) is 50.3 Å². The molecular weight excluding hydrogens is 275 g/mol. The van der Waals surface area contributed by atoms with Crippen molar-refractivity contribution in [2.75, 3.05) is 5.34 Å². The number of hydrogen-bond acceptors (Lipinski definition) is 0. The van der Waals surface area contributed by atoms with E-state index in [9.17, 15) is 0 Å². The summed E-state index contributed by atoms with van der Waals surface area (Å²) in [6.07, 6.45) is 16.7. The third kappa shape index (κ3) is 12.3. The van der Waals surface area contributed by atoms with Crippen LogP contribution in [0.5, 0.6) is 0 Å². The van der Waals surface area contributed by atoms with Crippen LogP contribution in [0.3, 0.4) is 0 Å². The summed E-state index contributed by atoms with van der Waals surface area (Å²) in [6, 6.07) is 0. The second-order valence-corrected chi connectivity index (χ2v) is 3.84. The Kier molecular flexibility index (Phi) is 15.5. The fourth-order valence-electron chi connectivity index (χ4n) is 1.03. The van der Waals surface area contributed by atoms with Crippen molar-refractivity contribution in [3.63, 3.8) is 0 Å². The van der Waals surface area contributed by atoms with E-state index in [-0.39, 0.29) is 27.1 Å². The first-order valence-electron chi connectivity index (χ1n) is 4.80. The van der Waals surface area contributed by atoms with E-state index in [1.807, 2.05) is 0 Å². The zero-order valence-corrected chi connectivity index (χ0v) is 12.8. The van der Waals surface area contributed by atoms with Crippen LogP contribution in [0.15, 0.2) is 35.5 Å². The molecule has 0 heterocycles. The normalized spacial score (nSPS) is 15.0. The first kappa shape index (κ1) is 18.6. The quantitative estimate of drug-likeness (QED) is 0.341. The molecule has 2 rings (SSSR count). The minimum atomic E-state index is 0. The smallest absolute Gasteiger partial charge is 0.270 e. The van der Waals surface area contributed by atoms with Gasteiger partial charge in [0, 0.05) is 0 Å². The predicted octanol–water partition coefficient (Wildman–Crippen LogP) is 4.81. The van der Waals surface area contributed by atoms with Crippen LogP contribution in [-0.2, 0) is 21.7 Å². The maximum atomic E-state index is 4.76. The van der Waals surface area contributed by atoms with Crippen LogP contribution < -0.4 is 0 Å². The van der Waals surface area contributed by atoms with Crippen molar-refractivity contribution in [3.8, 4) is 0 Å². The van der Waals surface area contributed by atoms with Crippen molar-refractivity contribution >= 4 is 23.2 Å². The number of halogens is 2. The van der Waals surface area contributed by atoms with Crippen molar-refractivity contribution in [1.29, 1.82) is 0 Å². The van der Waals surface area contributed by atoms with Crippen LogP contribution in [0.25, 0.3) is 0 Å². The Morgan fingerprint density at radius 2 is 1.31 bits per heavy atom. The Balaban J connectivity index is 0. The second-order valence-electron chi connectivity index (χ2n) is 3.03. The molecule has 3 heteroatoms. The summed E-state index contributed by atoms with van der Waals surface area (Å²) in [5.74, 6) is 0. The van der Waals surface area contributed by atoms with Crippen molar-refractivity contribution in [3.05, 3.63) is 47.6 Å². The van der Waals surface area contributed by atoms with Gasteiger partial charge in [-0.05, 0) is 0 Å². The Morgan fingerprint density at radius 1 is 1.00 bits per heavy atom. The molecule has 2 aliphatic carbocycles. The predicted molar refractivity (Wildman–Crippen MR) is 68.9 cm³/mol. The van der Waals surface area contributed by atoms with Gasteiger partial charge < -0.3 is 0 Å². The van der Waals surface area contributed by atoms with Crippen molar-refractivity contribution < 1.29 is 21.7 Å². The van der Waals surface area contributed by atoms with Gasteiger partial charge in [0.25, 0.3) is 0 Å². The molecular formula is C13H16Cl2Ti. The van der Waals surface area contributed by atoms with Gasteiger partial charge >= 0.3 is 21.7 Å². The average molecular weight is 291 g/mol. The molecule has 2 aliphatic rings. The van der Waals surface area contributed by atoms with Gasteiger partial charge in [0.05, 0.1) is 5.34 Å². The number of rotatable bonds is 0. The zero-order chi connectivity index (χ0) is 11.5. The maximum Gasteiger partial charge on any atom is 2.00 e. The Morgan fingerprint density at radius 3 is 1.38 bits per heavy atom. The fraction of sp³-hybridized carbons (Fsp3) is 0.385. The van der Waals surface area contributed by atoms with Gasteiger partial charge in [0.2, 0.25) is 0 Å². The molecule has 0 aliphatic heterocycles. The van der Waals surface area contributed by atoms with Gasteiger partial charge in [-0.15, -0.1) is 36.0 Å². The van der Waals surface area contributed by atoms with E-state index in [1.54, 1.807) is 0 Å². The average Bonchev–Trinajstić information content (AvgIpc) is 2.81. The summed E-state index contributed by atoms with van der Waals surface area (Å²) in [5.41, 5.74) is 2.55. The summed E-state index contributed by atoms with van der Waals surface area (Å²) in [4.78, 5) is 0. The van der Waals surface area contributed by atoms with Crippen LogP contribution in [0, 0.1) is 12.2 Å². The Bertz CT molecular complexity index is 242. The van der Waals surface area contributed by atoms with Crippen LogP contribution in [0.1, 0.15) is 26.7 Å². The molecule has 0 fully saturated rings. The monoisotopic (exact) mass is 290 g/mol. The molecule has 0 aromatic carbocycles. The van der Waals surface area contributed by atoms with Crippen molar-refractivity contribution in [2.45, 2.75) is 26.7 Å². The molecule has 0 aromatic heterocycles. The van der Waals surface area contributed by atoms with Crippen LogP contribution in [-0.4, -0.2) is 5.34 Å². The third-order valence-electron chi connectivity index (χ3n) is 1.73. The summed E-state index contributed by atoms with van der Waals surface area (Å²) in [7, 11) is 0. The molecule has 0 atom stereocenters. The molecule has 0 unspecified atom stereocenters. The van der Waals surface area contributed by atoms with Gasteiger partial charge in [-0.25, -0.2) is 23.3 Å². The molecule has 0 saturated carbocycles. The summed E-state index contributed by atoms with van der Waals surface area (Å²) < 4.78 is 0. The first-order chi connectivity index (χ1) is 7.20. The first-order valence-corrected chi connectivity index (χ1v) is 5.87. The van der Waals surface area contributed by atoms with Gasteiger partial charge in [-0.1, -0.05) is 13.8 Å². The van der Waals surface area contributed by atoms with Gasteiger partial charge in [0.15, 0.2) is 0 Å². The zero-order valence-electron chi connectivity index (χ0n) is 9.69. The third-order valence-corrected chi connectivity index (χ3v) is 1.73. The number of allylic oxidation sites excluding steroid dienone is 8. The molecule has 0 radical (unpaired) electrons. The Labute approximate surface area is 124 Å². The minimum Gasteiger partial charge on any atom is -0.270 e. The van der Waals surface area contributed by atoms with Gasteiger partial charge in [-0.3, -0.25) is 12.2 Å². The van der Waals surface area contributed by atoms with Crippen LogP contribution >= 0.6 is 23.2 Å². The topological polar surface area (TPSA) is 0 Å².